The van der Waals surface area contributed by atoms with E-state index >= 15 is 0 Å². The lowest BCUT2D eigenvalue weighted by molar-refractivity contribution is 0.436. The van der Waals surface area contributed by atoms with Crippen molar-refractivity contribution < 1.29 is 4.74 Å². The van der Waals surface area contributed by atoms with Gasteiger partial charge in [-0.2, -0.15) is 0 Å². The molecule has 1 aliphatic heterocycles. The molecule has 0 saturated carbocycles. The van der Waals surface area contributed by atoms with Gasteiger partial charge in [0.25, 0.3) is 0 Å². The number of ether oxygens (including phenoxy) is 1. The van der Waals surface area contributed by atoms with Gasteiger partial charge in [-0.15, -0.1) is 0 Å². The molecule has 1 aliphatic carbocycles. The van der Waals surface area contributed by atoms with E-state index in [4.69, 9.17) is 4.74 Å². The Labute approximate surface area is 235 Å². The van der Waals surface area contributed by atoms with Gasteiger partial charge in [0.05, 0.1) is 5.41 Å². The molecular weight excluding hydrogens is 484 g/mol. The number of hydrogen-bond donors (Lipinski definition) is 0. The minimum atomic E-state index is -0.438. The van der Waals surface area contributed by atoms with Crippen LogP contribution in [-0.4, -0.2) is 0 Å². The molecule has 0 saturated heterocycles. The number of benzene rings is 6. The summed E-state index contributed by atoms with van der Waals surface area (Å²) in [5.41, 5.74) is 14.7. The van der Waals surface area contributed by atoms with Gasteiger partial charge in [-0.1, -0.05) is 126 Å². The van der Waals surface area contributed by atoms with Gasteiger partial charge in [0.15, 0.2) is 0 Å². The third kappa shape index (κ3) is 3.21. The van der Waals surface area contributed by atoms with Crippen LogP contribution in [0.25, 0.3) is 33.4 Å². The fourth-order valence-electron chi connectivity index (χ4n) is 7.03. The van der Waals surface area contributed by atoms with Crippen molar-refractivity contribution in [1.29, 1.82) is 0 Å². The summed E-state index contributed by atoms with van der Waals surface area (Å²) in [4.78, 5) is 0. The molecule has 6 aromatic rings. The topological polar surface area (TPSA) is 9.23 Å². The first-order valence-electron chi connectivity index (χ1n) is 13.9. The van der Waals surface area contributed by atoms with Crippen LogP contribution in [-0.2, 0) is 5.41 Å². The lowest BCUT2D eigenvalue weighted by Gasteiger charge is -2.39. The zero-order valence-corrected chi connectivity index (χ0v) is 22.6. The van der Waals surface area contributed by atoms with Crippen molar-refractivity contribution >= 4 is 0 Å². The molecule has 2 aliphatic rings. The largest absolute Gasteiger partial charge is 0.457 e. The van der Waals surface area contributed by atoms with E-state index in [1.807, 2.05) is 0 Å². The highest BCUT2D eigenvalue weighted by atomic mass is 16.5. The molecule has 1 heteroatoms. The maximum atomic E-state index is 6.48. The Kier molecular flexibility index (Phi) is 4.93. The van der Waals surface area contributed by atoms with Crippen molar-refractivity contribution in [2.24, 2.45) is 0 Å². The van der Waals surface area contributed by atoms with Crippen LogP contribution in [0.5, 0.6) is 11.5 Å². The first-order valence-corrected chi connectivity index (χ1v) is 13.9. The Balaban J connectivity index is 1.35. The van der Waals surface area contributed by atoms with Gasteiger partial charge in [0, 0.05) is 11.1 Å². The van der Waals surface area contributed by atoms with Crippen LogP contribution in [0.1, 0.15) is 33.4 Å². The second kappa shape index (κ2) is 8.56. The van der Waals surface area contributed by atoms with Crippen LogP contribution in [0.2, 0.25) is 0 Å². The SMILES string of the molecule is Cc1cc(C)cc(-c2ccc(-c3ccc4c(c3)C3(c5ccccc5Oc5ccccc53)c3ccccc3-4)cc2)c1. The predicted octanol–water partition coefficient (Wildman–Crippen LogP) is 10.1. The molecule has 0 bridgehead atoms. The van der Waals surface area contributed by atoms with Crippen molar-refractivity contribution in [3.05, 3.63) is 167 Å². The van der Waals surface area contributed by atoms with Gasteiger partial charge in [-0.25, -0.2) is 0 Å². The van der Waals surface area contributed by atoms with E-state index < -0.39 is 5.41 Å². The molecule has 0 unspecified atom stereocenters. The number of hydrogen-bond acceptors (Lipinski definition) is 1. The van der Waals surface area contributed by atoms with Gasteiger partial charge in [0.2, 0.25) is 0 Å². The fourth-order valence-corrected chi connectivity index (χ4v) is 7.03. The van der Waals surface area contributed by atoms with Gasteiger partial charge in [0.1, 0.15) is 11.5 Å². The molecule has 1 nitrogen and oxygen atoms in total. The van der Waals surface area contributed by atoms with Crippen LogP contribution in [0, 0.1) is 13.8 Å². The summed E-state index contributed by atoms with van der Waals surface area (Å²) in [7, 11) is 0. The van der Waals surface area contributed by atoms with Crippen LogP contribution in [0.4, 0.5) is 0 Å². The van der Waals surface area contributed by atoms with E-state index in [-0.39, 0.29) is 0 Å². The molecule has 0 radical (unpaired) electrons. The Morgan fingerprint density at radius 2 is 0.900 bits per heavy atom. The van der Waals surface area contributed by atoms with Crippen molar-refractivity contribution in [2.45, 2.75) is 19.3 Å². The van der Waals surface area contributed by atoms with E-state index in [1.54, 1.807) is 0 Å². The highest BCUT2D eigenvalue weighted by Crippen LogP contribution is 2.62. The molecule has 8 rings (SSSR count). The molecule has 6 aromatic carbocycles. The first-order chi connectivity index (χ1) is 19.6. The van der Waals surface area contributed by atoms with E-state index in [9.17, 15) is 0 Å². The third-order valence-corrected chi connectivity index (χ3v) is 8.62. The Morgan fingerprint density at radius 1 is 0.400 bits per heavy atom. The van der Waals surface area contributed by atoms with Crippen molar-refractivity contribution in [3.8, 4) is 44.9 Å². The molecule has 0 aromatic heterocycles. The highest BCUT2D eigenvalue weighted by Gasteiger charge is 2.50. The van der Waals surface area contributed by atoms with Crippen LogP contribution in [0.15, 0.2) is 133 Å². The molecule has 0 atom stereocenters. The number of aryl methyl sites for hydroxylation is 2. The van der Waals surface area contributed by atoms with Crippen molar-refractivity contribution in [1.82, 2.24) is 0 Å². The summed E-state index contributed by atoms with van der Waals surface area (Å²) in [6, 6.07) is 48.7. The van der Waals surface area contributed by atoms with Gasteiger partial charge >= 0.3 is 0 Å². The smallest absolute Gasteiger partial charge is 0.132 e. The van der Waals surface area contributed by atoms with Gasteiger partial charge < -0.3 is 4.74 Å². The monoisotopic (exact) mass is 512 g/mol. The molecular formula is C39H28O. The minimum Gasteiger partial charge on any atom is -0.457 e. The van der Waals surface area contributed by atoms with Gasteiger partial charge in [-0.3, -0.25) is 0 Å². The van der Waals surface area contributed by atoms with Crippen molar-refractivity contribution in [2.75, 3.05) is 0 Å². The zero-order valence-electron chi connectivity index (χ0n) is 22.6. The molecule has 190 valence electrons. The standard InChI is InChI=1S/C39H28O/c1-25-21-26(2)23-30(22-25)28-17-15-27(16-18-28)29-19-20-32-31-9-3-4-10-33(31)39(36(32)24-29)34-11-5-7-13-37(34)40-38-14-8-6-12-35(38)39/h3-24H,1-2H3. The van der Waals surface area contributed by atoms with E-state index in [2.05, 4.69) is 147 Å². The summed E-state index contributed by atoms with van der Waals surface area (Å²) >= 11 is 0. The average molecular weight is 513 g/mol. The maximum absolute atomic E-state index is 6.48. The molecule has 1 spiro atoms. The summed E-state index contributed by atoms with van der Waals surface area (Å²) in [6.45, 7) is 4.33. The van der Waals surface area contributed by atoms with E-state index in [0.717, 1.165) is 11.5 Å². The normalized spacial score (nSPS) is 13.7. The van der Waals surface area contributed by atoms with E-state index in [0.29, 0.717) is 0 Å². The number of fused-ring (bicyclic) bond motifs is 9. The summed E-state index contributed by atoms with van der Waals surface area (Å²) in [5, 5.41) is 0. The van der Waals surface area contributed by atoms with Crippen LogP contribution < -0.4 is 4.74 Å². The fraction of sp³-hybridized carbons (Fsp3) is 0.0769. The molecule has 0 N–H and O–H groups in total. The van der Waals surface area contributed by atoms with E-state index in [1.165, 1.54) is 66.8 Å². The molecule has 0 amide bonds. The molecule has 40 heavy (non-hydrogen) atoms. The zero-order chi connectivity index (χ0) is 26.8. The van der Waals surface area contributed by atoms with Crippen molar-refractivity contribution in [3.63, 3.8) is 0 Å². The number of para-hydroxylation sites is 2. The Hall–Kier alpha value is -4.88. The highest BCUT2D eigenvalue weighted by molar-refractivity contribution is 5.90. The molecule has 0 fully saturated rings. The second-order valence-electron chi connectivity index (χ2n) is 11.1. The Morgan fingerprint density at radius 3 is 1.55 bits per heavy atom. The summed E-state index contributed by atoms with van der Waals surface area (Å²) < 4.78 is 6.48. The quantitative estimate of drug-likeness (QED) is 0.224. The lowest BCUT2D eigenvalue weighted by Crippen LogP contribution is -2.32. The third-order valence-electron chi connectivity index (χ3n) is 8.62. The van der Waals surface area contributed by atoms with Gasteiger partial charge in [-0.05, 0) is 76.6 Å². The number of rotatable bonds is 2. The van der Waals surface area contributed by atoms with Crippen LogP contribution >= 0.6 is 0 Å². The summed E-state index contributed by atoms with van der Waals surface area (Å²) in [5.74, 6) is 1.85. The summed E-state index contributed by atoms with van der Waals surface area (Å²) in [6.07, 6.45) is 0. The van der Waals surface area contributed by atoms with Crippen LogP contribution in [0.3, 0.4) is 0 Å². The Bertz CT molecular complexity index is 1880. The first kappa shape index (κ1) is 23.0. The lowest BCUT2D eigenvalue weighted by atomic mass is 9.66. The average Bonchev–Trinajstić information content (AvgIpc) is 3.27. The minimum absolute atomic E-state index is 0.438. The predicted molar refractivity (Wildman–Crippen MR) is 164 cm³/mol. The molecule has 1 heterocycles. The second-order valence-corrected chi connectivity index (χ2v) is 11.1. The maximum Gasteiger partial charge on any atom is 0.132 e.